The predicted molar refractivity (Wildman–Crippen MR) is 43.3 cm³/mol. The fourth-order valence-corrected chi connectivity index (χ4v) is 2.00. The van der Waals surface area contributed by atoms with Crippen LogP contribution < -0.4 is 5.73 Å². The number of hydrogen-bond donors (Lipinski definition) is 1. The topological polar surface area (TPSA) is 47.6 Å². The highest BCUT2D eigenvalue weighted by Crippen LogP contribution is 2.31. The van der Waals surface area contributed by atoms with E-state index >= 15 is 0 Å². The van der Waals surface area contributed by atoms with Gasteiger partial charge in [0.1, 0.15) is 6.10 Å². The lowest BCUT2D eigenvalue weighted by atomic mass is 9.84. The molecule has 1 heterocycles. The summed E-state index contributed by atoms with van der Waals surface area (Å²) in [6, 6.07) is 0. The first-order chi connectivity index (χ1) is 5.42. The van der Waals surface area contributed by atoms with E-state index in [9.17, 15) is 0 Å². The second-order valence-corrected chi connectivity index (χ2v) is 3.32. The van der Waals surface area contributed by atoms with Crippen LogP contribution in [0, 0.1) is 5.92 Å². The van der Waals surface area contributed by atoms with E-state index in [0.717, 1.165) is 12.1 Å². The number of fused-ring (bicyclic) bond motifs is 1. The fourth-order valence-electron chi connectivity index (χ4n) is 2.00. The average molecular weight is 154 g/mol. The Labute approximate surface area is 66.6 Å². The number of nitrogens with zero attached hydrogens (tertiary/aromatic N) is 1. The summed E-state index contributed by atoms with van der Waals surface area (Å²) < 4.78 is 0. The molecule has 2 aliphatic rings. The van der Waals surface area contributed by atoms with E-state index in [4.69, 9.17) is 10.6 Å². The van der Waals surface area contributed by atoms with Gasteiger partial charge in [0.2, 0.25) is 0 Å². The van der Waals surface area contributed by atoms with Gasteiger partial charge in [-0.05, 0) is 19.3 Å². The molecule has 1 aliphatic heterocycles. The van der Waals surface area contributed by atoms with E-state index in [1.165, 1.54) is 19.3 Å². The monoisotopic (exact) mass is 154 g/mol. The Morgan fingerprint density at radius 3 is 3.09 bits per heavy atom. The van der Waals surface area contributed by atoms with Gasteiger partial charge in [-0.1, -0.05) is 11.6 Å². The zero-order valence-corrected chi connectivity index (χ0v) is 6.62. The molecule has 1 fully saturated rings. The first kappa shape index (κ1) is 7.10. The Morgan fingerprint density at radius 2 is 2.27 bits per heavy atom. The zero-order chi connectivity index (χ0) is 7.68. The number of hydrogen-bond acceptors (Lipinski definition) is 3. The summed E-state index contributed by atoms with van der Waals surface area (Å²) >= 11 is 0. The summed E-state index contributed by atoms with van der Waals surface area (Å²) in [5, 5.41) is 3.99. The third-order valence-electron chi connectivity index (χ3n) is 2.65. The molecule has 62 valence electrons. The third-order valence-corrected chi connectivity index (χ3v) is 2.65. The molecule has 1 aliphatic carbocycles. The van der Waals surface area contributed by atoms with Crippen LogP contribution in [0.5, 0.6) is 0 Å². The Morgan fingerprint density at radius 1 is 1.45 bits per heavy atom. The van der Waals surface area contributed by atoms with Crippen molar-refractivity contribution in [3.63, 3.8) is 0 Å². The standard InChI is InChI=1S/C8H14N2O/c9-5-7-6-3-1-2-4-8(6)11-10-7/h6,8H,1-5,9H2. The van der Waals surface area contributed by atoms with Crippen LogP contribution in [0.4, 0.5) is 0 Å². The van der Waals surface area contributed by atoms with Gasteiger partial charge in [0.05, 0.1) is 5.71 Å². The summed E-state index contributed by atoms with van der Waals surface area (Å²) in [7, 11) is 0. The normalized spacial score (nSPS) is 35.9. The van der Waals surface area contributed by atoms with Crippen LogP contribution in [-0.2, 0) is 4.84 Å². The molecule has 3 heteroatoms. The maximum Gasteiger partial charge on any atom is 0.135 e. The van der Waals surface area contributed by atoms with Crippen molar-refractivity contribution in [1.29, 1.82) is 0 Å². The van der Waals surface area contributed by atoms with Crippen LogP contribution in [0.2, 0.25) is 0 Å². The molecule has 0 radical (unpaired) electrons. The summed E-state index contributed by atoms with van der Waals surface area (Å²) in [5.74, 6) is 0.550. The fraction of sp³-hybridized carbons (Fsp3) is 0.875. The molecule has 2 unspecified atom stereocenters. The van der Waals surface area contributed by atoms with Crippen LogP contribution in [0.3, 0.4) is 0 Å². The van der Waals surface area contributed by atoms with Crippen molar-refractivity contribution >= 4 is 5.71 Å². The molecule has 0 bridgehead atoms. The van der Waals surface area contributed by atoms with Gasteiger partial charge in [-0.25, -0.2) is 0 Å². The highest BCUT2D eigenvalue weighted by molar-refractivity contribution is 5.89. The minimum Gasteiger partial charge on any atom is -0.392 e. The van der Waals surface area contributed by atoms with Crippen LogP contribution in [0.15, 0.2) is 5.16 Å². The van der Waals surface area contributed by atoms with Crippen LogP contribution in [-0.4, -0.2) is 18.4 Å². The highest BCUT2D eigenvalue weighted by atomic mass is 16.6. The maximum absolute atomic E-state index is 5.53. The first-order valence-electron chi connectivity index (χ1n) is 4.34. The van der Waals surface area contributed by atoms with Crippen LogP contribution >= 0.6 is 0 Å². The molecule has 0 spiro atoms. The van der Waals surface area contributed by atoms with Gasteiger partial charge in [0.15, 0.2) is 0 Å². The molecule has 0 aromatic carbocycles. The number of rotatable bonds is 1. The van der Waals surface area contributed by atoms with Gasteiger partial charge in [-0.2, -0.15) is 0 Å². The molecule has 2 rings (SSSR count). The Bertz CT molecular complexity index is 179. The molecule has 2 atom stereocenters. The van der Waals surface area contributed by atoms with Crippen molar-refractivity contribution in [2.45, 2.75) is 31.8 Å². The zero-order valence-electron chi connectivity index (χ0n) is 6.62. The molecule has 0 aromatic rings. The van der Waals surface area contributed by atoms with Crippen molar-refractivity contribution in [2.24, 2.45) is 16.8 Å². The van der Waals surface area contributed by atoms with E-state index in [2.05, 4.69) is 5.16 Å². The maximum atomic E-state index is 5.53. The second kappa shape index (κ2) is 2.81. The van der Waals surface area contributed by atoms with E-state index in [0.29, 0.717) is 18.6 Å². The second-order valence-electron chi connectivity index (χ2n) is 3.32. The smallest absolute Gasteiger partial charge is 0.135 e. The SMILES string of the molecule is NCC1=NOC2CCCCC12. The van der Waals surface area contributed by atoms with Crippen molar-refractivity contribution in [3.05, 3.63) is 0 Å². The minimum atomic E-state index is 0.363. The van der Waals surface area contributed by atoms with E-state index < -0.39 is 0 Å². The molecular formula is C8H14N2O. The van der Waals surface area contributed by atoms with Gasteiger partial charge < -0.3 is 10.6 Å². The molecule has 2 N–H and O–H groups in total. The lowest BCUT2D eigenvalue weighted by Crippen LogP contribution is -2.30. The van der Waals surface area contributed by atoms with E-state index in [-0.39, 0.29) is 0 Å². The molecule has 11 heavy (non-hydrogen) atoms. The lowest BCUT2D eigenvalue weighted by Gasteiger charge is -2.22. The van der Waals surface area contributed by atoms with Crippen molar-refractivity contribution in [1.82, 2.24) is 0 Å². The summed E-state index contributed by atoms with van der Waals surface area (Å²) in [6.45, 7) is 0.571. The van der Waals surface area contributed by atoms with Crippen LogP contribution in [0.1, 0.15) is 25.7 Å². The quantitative estimate of drug-likeness (QED) is 0.609. The number of nitrogens with two attached hydrogens (primary N) is 1. The lowest BCUT2D eigenvalue weighted by molar-refractivity contribution is 0.0397. The summed E-state index contributed by atoms with van der Waals surface area (Å²) in [6.07, 6.45) is 5.35. The van der Waals surface area contributed by atoms with E-state index in [1.807, 2.05) is 0 Å². The van der Waals surface area contributed by atoms with Crippen molar-refractivity contribution in [2.75, 3.05) is 6.54 Å². The molecule has 3 nitrogen and oxygen atoms in total. The third kappa shape index (κ3) is 1.13. The van der Waals surface area contributed by atoms with Crippen LogP contribution in [0.25, 0.3) is 0 Å². The first-order valence-corrected chi connectivity index (χ1v) is 4.34. The molecule has 0 aromatic heterocycles. The Hall–Kier alpha value is -0.570. The summed E-state index contributed by atoms with van der Waals surface area (Å²) in [4.78, 5) is 5.27. The largest absolute Gasteiger partial charge is 0.392 e. The minimum absolute atomic E-state index is 0.363. The van der Waals surface area contributed by atoms with Gasteiger partial charge in [-0.3, -0.25) is 0 Å². The summed E-state index contributed by atoms with van der Waals surface area (Å²) in [5.41, 5.74) is 6.61. The van der Waals surface area contributed by atoms with Gasteiger partial charge in [0.25, 0.3) is 0 Å². The Kier molecular flexibility index (Phi) is 1.82. The highest BCUT2D eigenvalue weighted by Gasteiger charge is 2.34. The van der Waals surface area contributed by atoms with Gasteiger partial charge in [-0.15, -0.1) is 0 Å². The van der Waals surface area contributed by atoms with E-state index in [1.54, 1.807) is 0 Å². The molecule has 1 saturated carbocycles. The van der Waals surface area contributed by atoms with Gasteiger partial charge >= 0.3 is 0 Å². The molecular weight excluding hydrogens is 140 g/mol. The molecule has 0 amide bonds. The molecule has 0 saturated heterocycles. The van der Waals surface area contributed by atoms with Crippen molar-refractivity contribution < 1.29 is 4.84 Å². The van der Waals surface area contributed by atoms with Gasteiger partial charge in [0, 0.05) is 12.5 Å². The predicted octanol–water partition coefficient (Wildman–Crippen LogP) is 0.890. The van der Waals surface area contributed by atoms with Crippen molar-refractivity contribution in [3.8, 4) is 0 Å². The Balaban J connectivity index is 2.05. The number of oxime groups is 1. The average Bonchev–Trinajstić information content (AvgIpc) is 2.47.